The lowest BCUT2D eigenvalue weighted by atomic mass is 9.98. The Kier molecular flexibility index (Phi) is 5.48. The number of ether oxygens (including phenoxy) is 1. The molecule has 2 heterocycles. The predicted octanol–water partition coefficient (Wildman–Crippen LogP) is 6.03. The number of fused-ring (bicyclic) bond motifs is 1. The van der Waals surface area contributed by atoms with Crippen molar-refractivity contribution in [2.75, 3.05) is 0 Å². The Labute approximate surface area is 181 Å². The van der Waals surface area contributed by atoms with Crippen LogP contribution in [0.25, 0.3) is 22.1 Å². The molecule has 0 bridgehead atoms. The zero-order valence-electron chi connectivity index (χ0n) is 17.3. The highest BCUT2D eigenvalue weighted by Crippen LogP contribution is 2.26. The van der Waals surface area contributed by atoms with Gasteiger partial charge in [-0.15, -0.1) is 0 Å². The van der Waals surface area contributed by atoms with Crippen molar-refractivity contribution in [3.05, 3.63) is 78.6 Å². The van der Waals surface area contributed by atoms with Crippen LogP contribution in [-0.4, -0.2) is 21.9 Å². The summed E-state index contributed by atoms with van der Waals surface area (Å²) in [6.45, 7) is 0. The Hall–Kier alpha value is -3.47. The van der Waals surface area contributed by atoms with Crippen LogP contribution in [0.2, 0.25) is 0 Å². The van der Waals surface area contributed by atoms with Crippen LogP contribution < -0.4 is 4.74 Å². The first-order chi connectivity index (χ1) is 15.2. The molecule has 1 saturated carbocycles. The van der Waals surface area contributed by atoms with Crippen molar-refractivity contribution >= 4 is 16.6 Å². The van der Waals surface area contributed by atoms with Crippen molar-refractivity contribution in [1.82, 2.24) is 9.97 Å². The van der Waals surface area contributed by atoms with Crippen LogP contribution in [-0.2, 0) is 6.42 Å². The van der Waals surface area contributed by atoms with Gasteiger partial charge < -0.3 is 9.15 Å². The topological polar surface area (TPSA) is 65.2 Å². The second-order valence-electron chi connectivity index (χ2n) is 8.11. The van der Waals surface area contributed by atoms with Gasteiger partial charge in [-0.05, 0) is 67.5 Å². The molecular weight excluding hydrogens is 388 g/mol. The Morgan fingerprint density at radius 3 is 2.58 bits per heavy atom. The van der Waals surface area contributed by atoms with Gasteiger partial charge in [0.1, 0.15) is 5.75 Å². The molecule has 1 aliphatic carbocycles. The fraction of sp³-hybridized carbons (Fsp3) is 0.269. The summed E-state index contributed by atoms with van der Waals surface area (Å²) in [4.78, 5) is 21.3. The van der Waals surface area contributed by atoms with E-state index >= 15 is 0 Å². The third-order valence-electron chi connectivity index (χ3n) is 5.87. The molecule has 4 aromatic rings. The molecule has 0 saturated heterocycles. The lowest BCUT2D eigenvalue weighted by Gasteiger charge is -2.23. The monoisotopic (exact) mass is 412 g/mol. The zero-order valence-corrected chi connectivity index (χ0v) is 17.3. The van der Waals surface area contributed by atoms with Gasteiger partial charge in [0.15, 0.2) is 17.9 Å². The Morgan fingerprint density at radius 1 is 0.968 bits per heavy atom. The number of benzene rings is 2. The van der Waals surface area contributed by atoms with Crippen LogP contribution >= 0.6 is 0 Å². The first-order valence-corrected chi connectivity index (χ1v) is 10.8. The van der Waals surface area contributed by atoms with Gasteiger partial charge in [0.25, 0.3) is 0 Å². The molecule has 0 spiro atoms. The maximum atomic E-state index is 12.8. The highest BCUT2D eigenvalue weighted by atomic mass is 16.5. The average Bonchev–Trinajstić information content (AvgIpc) is 3.35. The average molecular weight is 412 g/mol. The van der Waals surface area contributed by atoms with Gasteiger partial charge in [-0.3, -0.25) is 9.78 Å². The quantitative estimate of drug-likeness (QED) is 0.362. The number of aromatic nitrogens is 2. The smallest absolute Gasteiger partial charge is 0.181 e. The lowest BCUT2D eigenvalue weighted by Crippen LogP contribution is -2.19. The highest BCUT2D eigenvalue weighted by molar-refractivity contribution is 5.98. The van der Waals surface area contributed by atoms with Crippen molar-refractivity contribution in [1.29, 1.82) is 0 Å². The summed E-state index contributed by atoms with van der Waals surface area (Å²) in [5.74, 6) is 1.60. The fourth-order valence-corrected chi connectivity index (χ4v) is 4.16. The molecule has 0 N–H and O–H groups in total. The van der Waals surface area contributed by atoms with E-state index in [2.05, 4.69) is 9.97 Å². The molecule has 2 aromatic heterocycles. The van der Waals surface area contributed by atoms with Crippen LogP contribution in [0, 0.1) is 0 Å². The van der Waals surface area contributed by atoms with E-state index in [1.165, 1.54) is 25.7 Å². The molecule has 0 atom stereocenters. The number of rotatable bonds is 6. The molecule has 0 amide bonds. The van der Waals surface area contributed by atoms with Crippen molar-refractivity contribution < 1.29 is 13.9 Å². The van der Waals surface area contributed by atoms with Gasteiger partial charge >= 0.3 is 0 Å². The van der Waals surface area contributed by atoms with Gasteiger partial charge in [-0.2, -0.15) is 0 Å². The highest BCUT2D eigenvalue weighted by Gasteiger charge is 2.15. The van der Waals surface area contributed by atoms with Crippen LogP contribution in [0.1, 0.15) is 48.2 Å². The van der Waals surface area contributed by atoms with Crippen molar-refractivity contribution in [3.8, 4) is 17.1 Å². The molecule has 0 aliphatic heterocycles. The number of carbonyl (C=O) groups is 1. The molecule has 0 unspecified atom stereocenters. The van der Waals surface area contributed by atoms with E-state index in [4.69, 9.17) is 9.15 Å². The van der Waals surface area contributed by atoms with Gasteiger partial charge in [-0.25, -0.2) is 4.98 Å². The molecule has 5 heteroatoms. The minimum Gasteiger partial charge on any atom is -0.490 e. The molecule has 31 heavy (non-hydrogen) atoms. The summed E-state index contributed by atoms with van der Waals surface area (Å²) in [7, 11) is 0. The molecule has 5 rings (SSSR count). The van der Waals surface area contributed by atoms with Crippen molar-refractivity contribution in [2.45, 2.75) is 44.6 Å². The van der Waals surface area contributed by atoms with E-state index in [-0.39, 0.29) is 12.2 Å². The van der Waals surface area contributed by atoms with Crippen molar-refractivity contribution in [3.63, 3.8) is 0 Å². The van der Waals surface area contributed by atoms with E-state index in [0.717, 1.165) is 40.6 Å². The largest absolute Gasteiger partial charge is 0.490 e. The fourth-order valence-electron chi connectivity index (χ4n) is 4.16. The number of hydrogen-bond donors (Lipinski definition) is 0. The number of Topliss-reactive ketones (excluding diaryl/α,β-unsaturated/α-hetero) is 1. The first kappa shape index (κ1) is 19.5. The van der Waals surface area contributed by atoms with E-state index in [9.17, 15) is 4.79 Å². The zero-order chi connectivity index (χ0) is 21.0. The summed E-state index contributed by atoms with van der Waals surface area (Å²) >= 11 is 0. The number of pyridine rings is 1. The van der Waals surface area contributed by atoms with Gasteiger partial charge in [0.2, 0.25) is 0 Å². The molecule has 2 aromatic carbocycles. The molecule has 0 radical (unpaired) electrons. The Balaban J connectivity index is 1.29. The molecule has 156 valence electrons. The van der Waals surface area contributed by atoms with Gasteiger partial charge in [-0.1, -0.05) is 18.6 Å². The van der Waals surface area contributed by atoms with E-state index in [0.29, 0.717) is 17.4 Å². The number of carbonyl (C=O) groups excluding carboxylic acids is 1. The van der Waals surface area contributed by atoms with E-state index < -0.39 is 0 Å². The predicted molar refractivity (Wildman–Crippen MR) is 119 cm³/mol. The second-order valence-corrected chi connectivity index (χ2v) is 8.11. The number of oxazole rings is 1. The lowest BCUT2D eigenvalue weighted by molar-refractivity contribution is 0.0992. The Morgan fingerprint density at radius 2 is 1.81 bits per heavy atom. The molecule has 5 nitrogen and oxygen atoms in total. The summed E-state index contributed by atoms with van der Waals surface area (Å²) in [5.41, 5.74) is 2.37. The molecule has 1 aliphatic rings. The Bertz CT molecular complexity index is 1180. The maximum Gasteiger partial charge on any atom is 0.181 e. The summed E-state index contributed by atoms with van der Waals surface area (Å²) < 4.78 is 11.5. The van der Waals surface area contributed by atoms with Crippen molar-refractivity contribution in [2.24, 2.45) is 0 Å². The van der Waals surface area contributed by atoms with Gasteiger partial charge in [0.05, 0.1) is 18.7 Å². The van der Waals surface area contributed by atoms with Gasteiger partial charge in [0, 0.05) is 28.4 Å². The van der Waals surface area contributed by atoms with E-state index in [1.54, 1.807) is 6.20 Å². The number of nitrogens with zero attached hydrogens (tertiary/aromatic N) is 2. The summed E-state index contributed by atoms with van der Waals surface area (Å²) in [6.07, 6.45) is 11.5. The van der Waals surface area contributed by atoms with Crippen LogP contribution in [0.3, 0.4) is 0 Å². The molecular formula is C26H24N2O3. The van der Waals surface area contributed by atoms with E-state index in [1.807, 2.05) is 54.7 Å². The number of ketones is 1. The second kappa shape index (κ2) is 8.72. The standard InChI is InChI=1S/C26H24N2O3/c29-25(18-8-10-24(11-9-18)31-23-4-2-1-3-5-23)14-22-13-21-12-19(26-16-27-17-30-26)6-7-20(21)15-28-22/h6-13,15-17,23H,1-5,14H2. The first-order valence-electron chi connectivity index (χ1n) is 10.8. The van der Waals surface area contributed by atoms with Crippen LogP contribution in [0.15, 0.2) is 71.7 Å². The minimum absolute atomic E-state index is 0.0439. The normalized spacial score (nSPS) is 14.6. The third kappa shape index (κ3) is 4.50. The minimum atomic E-state index is 0.0439. The maximum absolute atomic E-state index is 12.8. The SMILES string of the molecule is O=C(Cc1cc2cc(-c3cnco3)ccc2cn1)c1ccc(OC2CCCCC2)cc1. The van der Waals surface area contributed by atoms with Crippen LogP contribution in [0.5, 0.6) is 5.75 Å². The third-order valence-corrected chi connectivity index (χ3v) is 5.87. The summed E-state index contributed by atoms with van der Waals surface area (Å²) in [6, 6.07) is 15.5. The molecule has 1 fully saturated rings. The van der Waals surface area contributed by atoms with Crippen LogP contribution in [0.4, 0.5) is 0 Å². The number of hydrogen-bond acceptors (Lipinski definition) is 5. The summed E-state index contributed by atoms with van der Waals surface area (Å²) in [5, 5.41) is 2.03.